The molecule has 1 aliphatic carbocycles. The number of rotatable bonds is 3. The maximum absolute atomic E-state index is 5.46. The number of hydrazine groups is 1. The topological polar surface area (TPSA) is 91.1 Å². The van der Waals surface area contributed by atoms with Gasteiger partial charge in [-0.15, -0.1) is 0 Å². The number of nitrogens with two attached hydrogens (primary N) is 1. The Labute approximate surface area is 101 Å². The Morgan fingerprint density at radius 1 is 1.59 bits per heavy atom. The van der Waals surface area contributed by atoms with Crippen molar-refractivity contribution in [3.8, 4) is 0 Å². The zero-order valence-electron chi connectivity index (χ0n) is 10.2. The van der Waals surface area contributed by atoms with Gasteiger partial charge in [-0.3, -0.25) is 10.5 Å². The van der Waals surface area contributed by atoms with Gasteiger partial charge in [-0.2, -0.15) is 5.10 Å². The third-order valence-electron chi connectivity index (χ3n) is 3.17. The van der Waals surface area contributed by atoms with Crippen molar-refractivity contribution < 1.29 is 0 Å². The Morgan fingerprint density at radius 2 is 2.35 bits per heavy atom. The zero-order valence-corrected chi connectivity index (χ0v) is 10.2. The minimum absolute atomic E-state index is 0.509. The highest BCUT2D eigenvalue weighted by atomic mass is 15.3. The first kappa shape index (κ1) is 11.9. The number of aromatic nitrogens is 2. The summed E-state index contributed by atoms with van der Waals surface area (Å²) in [5, 5.41) is 10.2. The fourth-order valence-corrected chi connectivity index (χ4v) is 2.10. The summed E-state index contributed by atoms with van der Waals surface area (Å²) in [7, 11) is 0. The quantitative estimate of drug-likeness (QED) is 0.267. The molecule has 2 rings (SSSR count). The monoisotopic (exact) mass is 236 g/mol. The first-order valence-electron chi connectivity index (χ1n) is 6.06. The van der Waals surface area contributed by atoms with Crippen molar-refractivity contribution in [3.05, 3.63) is 17.5 Å². The zero-order chi connectivity index (χ0) is 12.1. The van der Waals surface area contributed by atoms with Gasteiger partial charge in [-0.05, 0) is 19.8 Å². The van der Waals surface area contributed by atoms with Crippen molar-refractivity contribution in [3.63, 3.8) is 0 Å². The van der Waals surface area contributed by atoms with Gasteiger partial charge in [0, 0.05) is 17.3 Å². The predicted molar refractivity (Wildman–Crippen MR) is 67.2 cm³/mol. The van der Waals surface area contributed by atoms with Crippen LogP contribution in [0.5, 0.6) is 0 Å². The second-order valence-electron chi connectivity index (χ2n) is 4.46. The summed E-state index contributed by atoms with van der Waals surface area (Å²) >= 11 is 0. The number of hydrogen-bond acceptors (Lipinski definition) is 3. The second kappa shape index (κ2) is 5.67. The van der Waals surface area contributed by atoms with E-state index in [-0.39, 0.29) is 0 Å². The number of nitrogens with one attached hydrogen (secondary N) is 3. The van der Waals surface area contributed by atoms with E-state index in [4.69, 9.17) is 5.84 Å². The summed E-state index contributed by atoms with van der Waals surface area (Å²) in [5.74, 6) is 6.13. The third-order valence-corrected chi connectivity index (χ3v) is 3.17. The molecule has 0 aliphatic heterocycles. The van der Waals surface area contributed by atoms with Gasteiger partial charge >= 0.3 is 0 Å². The SMILES string of the molecule is Cc1[nH]ncc1CN=C(NN)NC1CCCC1. The lowest BCUT2D eigenvalue weighted by atomic mass is 10.2. The molecule has 0 aromatic carbocycles. The fraction of sp³-hybridized carbons (Fsp3) is 0.636. The molecule has 1 aromatic heterocycles. The molecule has 0 bridgehead atoms. The highest BCUT2D eigenvalue weighted by Gasteiger charge is 2.15. The Bertz CT molecular complexity index is 377. The second-order valence-corrected chi connectivity index (χ2v) is 4.46. The van der Waals surface area contributed by atoms with E-state index in [1.165, 1.54) is 25.7 Å². The van der Waals surface area contributed by atoms with Gasteiger partial charge in [0.1, 0.15) is 0 Å². The van der Waals surface area contributed by atoms with Gasteiger partial charge in [0.25, 0.3) is 0 Å². The van der Waals surface area contributed by atoms with Crippen molar-refractivity contribution in [2.45, 2.75) is 45.2 Å². The van der Waals surface area contributed by atoms with Gasteiger partial charge in [0.05, 0.1) is 12.7 Å². The highest BCUT2D eigenvalue weighted by Crippen LogP contribution is 2.17. The van der Waals surface area contributed by atoms with Gasteiger partial charge in [-0.25, -0.2) is 10.8 Å². The minimum atomic E-state index is 0.509. The average Bonchev–Trinajstić information content (AvgIpc) is 2.96. The predicted octanol–water partition coefficient (Wildman–Crippen LogP) is 0.570. The van der Waals surface area contributed by atoms with E-state index in [1.54, 1.807) is 6.20 Å². The van der Waals surface area contributed by atoms with E-state index in [1.807, 2.05) is 6.92 Å². The lowest BCUT2D eigenvalue weighted by Gasteiger charge is -2.14. The summed E-state index contributed by atoms with van der Waals surface area (Å²) < 4.78 is 0. The van der Waals surface area contributed by atoms with Crippen LogP contribution in [0.3, 0.4) is 0 Å². The molecule has 1 aromatic rings. The van der Waals surface area contributed by atoms with Crippen LogP contribution in [-0.2, 0) is 6.54 Å². The van der Waals surface area contributed by atoms with Crippen LogP contribution >= 0.6 is 0 Å². The van der Waals surface area contributed by atoms with E-state index in [9.17, 15) is 0 Å². The number of aliphatic imine (C=N–C) groups is 1. The summed E-state index contributed by atoms with van der Waals surface area (Å²) in [6.07, 6.45) is 6.77. The third kappa shape index (κ3) is 3.20. The van der Waals surface area contributed by atoms with Crippen LogP contribution in [0.4, 0.5) is 0 Å². The van der Waals surface area contributed by atoms with Crippen LogP contribution < -0.4 is 16.6 Å². The highest BCUT2D eigenvalue weighted by molar-refractivity contribution is 5.79. The average molecular weight is 236 g/mol. The van der Waals surface area contributed by atoms with Crippen molar-refractivity contribution in [2.75, 3.05) is 0 Å². The van der Waals surface area contributed by atoms with Crippen LogP contribution in [-0.4, -0.2) is 22.2 Å². The number of hydrogen-bond donors (Lipinski definition) is 4. The summed E-state index contributed by atoms with van der Waals surface area (Å²) in [6, 6.07) is 0.509. The molecule has 0 radical (unpaired) electrons. The Balaban J connectivity index is 1.90. The van der Waals surface area contributed by atoms with Crippen LogP contribution in [0.15, 0.2) is 11.2 Å². The molecule has 17 heavy (non-hydrogen) atoms. The summed E-state index contributed by atoms with van der Waals surface area (Å²) in [4.78, 5) is 4.42. The first-order chi connectivity index (χ1) is 8.29. The van der Waals surface area contributed by atoms with E-state index in [0.29, 0.717) is 18.5 Å². The maximum Gasteiger partial charge on any atom is 0.206 e. The molecule has 94 valence electrons. The van der Waals surface area contributed by atoms with Gasteiger partial charge in [0.15, 0.2) is 0 Å². The molecule has 1 fully saturated rings. The Kier molecular flexibility index (Phi) is 3.98. The molecular formula is C11H20N6. The number of aromatic amines is 1. The molecule has 6 nitrogen and oxygen atoms in total. The molecule has 1 saturated carbocycles. The summed E-state index contributed by atoms with van der Waals surface area (Å²) in [6.45, 7) is 2.57. The molecule has 5 N–H and O–H groups in total. The van der Waals surface area contributed by atoms with Crippen molar-refractivity contribution in [1.29, 1.82) is 0 Å². The standard InChI is InChI=1S/C11H20N6/c1-8-9(7-14-17-8)6-13-11(16-12)15-10-4-2-3-5-10/h7,10H,2-6,12H2,1H3,(H,14,17)(H2,13,15,16). The normalized spacial score (nSPS) is 17.4. The van der Waals surface area contributed by atoms with Gasteiger partial charge in [0.2, 0.25) is 5.96 Å². The van der Waals surface area contributed by atoms with E-state index in [2.05, 4.69) is 25.9 Å². The first-order valence-corrected chi connectivity index (χ1v) is 6.06. The smallest absolute Gasteiger partial charge is 0.206 e. The van der Waals surface area contributed by atoms with Crippen LogP contribution in [0.2, 0.25) is 0 Å². The van der Waals surface area contributed by atoms with Crippen molar-refractivity contribution >= 4 is 5.96 Å². The molecule has 1 aliphatic rings. The minimum Gasteiger partial charge on any atom is -0.353 e. The lowest BCUT2D eigenvalue weighted by molar-refractivity contribution is 0.614. The van der Waals surface area contributed by atoms with E-state index >= 15 is 0 Å². The molecular weight excluding hydrogens is 216 g/mol. The number of nitrogens with zero attached hydrogens (tertiary/aromatic N) is 2. The fourth-order valence-electron chi connectivity index (χ4n) is 2.10. The van der Waals surface area contributed by atoms with Crippen molar-refractivity contribution in [2.24, 2.45) is 10.8 Å². The Hall–Kier alpha value is -1.56. The molecule has 0 spiro atoms. The Morgan fingerprint density at radius 3 is 2.94 bits per heavy atom. The lowest BCUT2D eigenvalue weighted by Crippen LogP contribution is -2.45. The number of guanidine groups is 1. The van der Waals surface area contributed by atoms with E-state index in [0.717, 1.165) is 11.3 Å². The molecule has 0 amide bonds. The van der Waals surface area contributed by atoms with Crippen LogP contribution in [0.25, 0.3) is 0 Å². The van der Waals surface area contributed by atoms with Crippen molar-refractivity contribution in [1.82, 2.24) is 20.9 Å². The largest absolute Gasteiger partial charge is 0.353 e. The van der Waals surface area contributed by atoms with Gasteiger partial charge < -0.3 is 5.32 Å². The number of H-pyrrole nitrogens is 1. The maximum atomic E-state index is 5.46. The number of aryl methyl sites for hydroxylation is 1. The molecule has 0 unspecified atom stereocenters. The van der Waals surface area contributed by atoms with Crippen LogP contribution in [0.1, 0.15) is 36.9 Å². The molecule has 0 atom stereocenters. The summed E-state index contributed by atoms with van der Waals surface area (Å²) in [5.41, 5.74) is 4.76. The molecule has 1 heterocycles. The van der Waals surface area contributed by atoms with E-state index < -0.39 is 0 Å². The molecule has 0 saturated heterocycles. The van der Waals surface area contributed by atoms with Crippen LogP contribution in [0, 0.1) is 6.92 Å². The van der Waals surface area contributed by atoms with Gasteiger partial charge in [-0.1, -0.05) is 12.8 Å². The molecule has 6 heteroatoms.